The smallest absolute Gasteiger partial charge is 0.193 e. The van der Waals surface area contributed by atoms with Crippen LogP contribution >= 0.6 is 0 Å². The fraction of sp³-hybridized carbons (Fsp3) is 0.900. The van der Waals surface area contributed by atoms with Gasteiger partial charge in [0.25, 0.3) is 0 Å². The maximum atomic E-state index is 10.7. The number of carbonyl (C=O) groups is 1. The molecule has 0 aromatic heterocycles. The minimum absolute atomic E-state index is 0.160. The van der Waals surface area contributed by atoms with E-state index < -0.39 is 13.9 Å². The summed E-state index contributed by atoms with van der Waals surface area (Å²) in [5.74, 6) is 0. The third-order valence-electron chi connectivity index (χ3n) is 2.61. The molecule has 0 saturated carbocycles. The standard InChI is InChI=1S/C10H22O2Si/c1-9(2,3)13(6,7)12-10(4,5)8-11/h8H,1-7H3. The molecule has 0 aromatic carbocycles. The first-order valence-electron chi connectivity index (χ1n) is 4.68. The Hall–Kier alpha value is -0.153. The maximum absolute atomic E-state index is 10.7. The lowest BCUT2D eigenvalue weighted by atomic mass is 10.2. The molecule has 0 N–H and O–H groups in total. The van der Waals surface area contributed by atoms with Crippen LogP contribution < -0.4 is 0 Å². The fourth-order valence-electron chi connectivity index (χ4n) is 0.835. The Morgan fingerprint density at radius 2 is 1.46 bits per heavy atom. The lowest BCUT2D eigenvalue weighted by molar-refractivity contribution is -0.119. The summed E-state index contributed by atoms with van der Waals surface area (Å²) in [6.07, 6.45) is 0.882. The highest BCUT2D eigenvalue weighted by atomic mass is 28.4. The molecule has 0 amide bonds. The highest BCUT2D eigenvalue weighted by Gasteiger charge is 2.41. The first kappa shape index (κ1) is 12.8. The summed E-state index contributed by atoms with van der Waals surface area (Å²) in [5.41, 5.74) is -0.636. The van der Waals surface area contributed by atoms with Crippen molar-refractivity contribution >= 4 is 14.6 Å². The van der Waals surface area contributed by atoms with E-state index in [1.807, 2.05) is 13.8 Å². The van der Waals surface area contributed by atoms with Crippen LogP contribution in [0, 0.1) is 0 Å². The predicted octanol–water partition coefficient (Wildman–Crippen LogP) is 2.99. The van der Waals surface area contributed by atoms with Gasteiger partial charge in [0.05, 0.1) is 0 Å². The van der Waals surface area contributed by atoms with Gasteiger partial charge in [0.1, 0.15) is 11.9 Å². The average molecular weight is 202 g/mol. The van der Waals surface area contributed by atoms with Crippen LogP contribution in [0.15, 0.2) is 0 Å². The van der Waals surface area contributed by atoms with Crippen molar-refractivity contribution < 1.29 is 9.22 Å². The summed E-state index contributed by atoms with van der Waals surface area (Å²) >= 11 is 0. The molecule has 3 heteroatoms. The summed E-state index contributed by atoms with van der Waals surface area (Å²) in [6.45, 7) is 14.4. The molecule has 0 fully saturated rings. The second-order valence-electron chi connectivity index (χ2n) is 5.58. The topological polar surface area (TPSA) is 26.3 Å². The van der Waals surface area contributed by atoms with Crippen molar-refractivity contribution in [2.24, 2.45) is 0 Å². The molecule has 0 radical (unpaired) electrons. The molecule has 0 aromatic rings. The Balaban J connectivity index is 4.61. The van der Waals surface area contributed by atoms with Crippen molar-refractivity contribution in [1.29, 1.82) is 0 Å². The van der Waals surface area contributed by atoms with Gasteiger partial charge < -0.3 is 9.22 Å². The Bertz CT molecular complexity index is 190. The van der Waals surface area contributed by atoms with Crippen LogP contribution in [0.5, 0.6) is 0 Å². The van der Waals surface area contributed by atoms with Crippen molar-refractivity contribution in [2.45, 2.75) is 58.4 Å². The van der Waals surface area contributed by atoms with Gasteiger partial charge in [-0.05, 0) is 32.0 Å². The Morgan fingerprint density at radius 1 is 1.08 bits per heavy atom. The van der Waals surface area contributed by atoms with Crippen LogP contribution in [-0.2, 0) is 9.22 Å². The monoisotopic (exact) mass is 202 g/mol. The van der Waals surface area contributed by atoms with E-state index in [0.29, 0.717) is 0 Å². The van der Waals surface area contributed by atoms with E-state index in [9.17, 15) is 4.79 Å². The van der Waals surface area contributed by atoms with E-state index in [4.69, 9.17) is 4.43 Å². The van der Waals surface area contributed by atoms with Crippen molar-refractivity contribution in [3.8, 4) is 0 Å². The third-order valence-corrected chi connectivity index (χ3v) is 7.26. The predicted molar refractivity (Wildman–Crippen MR) is 58.4 cm³/mol. The van der Waals surface area contributed by atoms with E-state index in [2.05, 4.69) is 33.9 Å². The SMILES string of the molecule is CC(C)(C=O)O[Si](C)(C)C(C)(C)C. The quantitative estimate of drug-likeness (QED) is 0.519. The molecule has 78 valence electrons. The Morgan fingerprint density at radius 3 is 1.69 bits per heavy atom. The molecule has 0 bridgehead atoms. The zero-order valence-corrected chi connectivity index (χ0v) is 10.9. The van der Waals surface area contributed by atoms with Gasteiger partial charge in [0.15, 0.2) is 8.32 Å². The molecule has 0 aliphatic heterocycles. The van der Waals surface area contributed by atoms with Crippen LogP contribution in [0.25, 0.3) is 0 Å². The zero-order valence-electron chi connectivity index (χ0n) is 9.89. The van der Waals surface area contributed by atoms with Crippen molar-refractivity contribution in [3.63, 3.8) is 0 Å². The molecule has 0 aliphatic carbocycles. The molecular weight excluding hydrogens is 180 g/mol. The van der Waals surface area contributed by atoms with Gasteiger partial charge in [-0.25, -0.2) is 0 Å². The lowest BCUT2D eigenvalue weighted by Crippen LogP contribution is -2.48. The second kappa shape index (κ2) is 3.54. The Kier molecular flexibility index (Phi) is 3.50. The van der Waals surface area contributed by atoms with E-state index in [1.54, 1.807) is 0 Å². The fourth-order valence-corrected chi connectivity index (χ4v) is 2.50. The number of rotatable bonds is 3. The van der Waals surface area contributed by atoms with Gasteiger partial charge in [-0.1, -0.05) is 20.8 Å². The second-order valence-corrected chi connectivity index (χ2v) is 10.3. The number of aldehydes is 1. The molecule has 0 atom stereocenters. The Labute approximate surface area is 82.8 Å². The number of hydrogen-bond acceptors (Lipinski definition) is 2. The summed E-state index contributed by atoms with van der Waals surface area (Å²) in [7, 11) is -1.79. The van der Waals surface area contributed by atoms with Gasteiger partial charge in [-0.15, -0.1) is 0 Å². The van der Waals surface area contributed by atoms with Gasteiger partial charge in [-0.3, -0.25) is 0 Å². The third kappa shape index (κ3) is 3.61. The number of carbonyl (C=O) groups excluding carboxylic acids is 1. The summed E-state index contributed by atoms with van der Waals surface area (Å²) in [6, 6.07) is 0. The van der Waals surface area contributed by atoms with Gasteiger partial charge in [-0.2, -0.15) is 0 Å². The molecule has 13 heavy (non-hydrogen) atoms. The highest BCUT2D eigenvalue weighted by Crippen LogP contribution is 2.38. The van der Waals surface area contributed by atoms with Crippen LogP contribution in [0.1, 0.15) is 34.6 Å². The first-order valence-corrected chi connectivity index (χ1v) is 7.59. The minimum atomic E-state index is -1.79. The molecule has 0 heterocycles. The molecule has 0 aliphatic rings. The first-order chi connectivity index (χ1) is 5.52. The summed E-state index contributed by atoms with van der Waals surface area (Å²) in [4.78, 5) is 10.7. The van der Waals surface area contributed by atoms with Crippen molar-refractivity contribution in [1.82, 2.24) is 0 Å². The lowest BCUT2D eigenvalue weighted by Gasteiger charge is -2.40. The van der Waals surface area contributed by atoms with Crippen LogP contribution in [0.2, 0.25) is 18.1 Å². The largest absolute Gasteiger partial charge is 0.405 e. The average Bonchev–Trinajstić information content (AvgIpc) is 1.83. The van der Waals surface area contributed by atoms with E-state index in [-0.39, 0.29) is 5.04 Å². The molecule has 0 unspecified atom stereocenters. The maximum Gasteiger partial charge on any atom is 0.193 e. The molecule has 0 saturated heterocycles. The van der Waals surface area contributed by atoms with Crippen LogP contribution in [0.4, 0.5) is 0 Å². The molecular formula is C10H22O2Si. The van der Waals surface area contributed by atoms with Crippen LogP contribution in [0.3, 0.4) is 0 Å². The number of hydrogen-bond donors (Lipinski definition) is 0. The van der Waals surface area contributed by atoms with Crippen molar-refractivity contribution in [2.75, 3.05) is 0 Å². The van der Waals surface area contributed by atoms with E-state index >= 15 is 0 Å². The highest BCUT2D eigenvalue weighted by molar-refractivity contribution is 6.74. The minimum Gasteiger partial charge on any atom is -0.405 e. The summed E-state index contributed by atoms with van der Waals surface area (Å²) < 4.78 is 5.91. The van der Waals surface area contributed by atoms with Crippen molar-refractivity contribution in [3.05, 3.63) is 0 Å². The molecule has 0 rings (SSSR count). The normalized spacial score (nSPS) is 14.4. The molecule has 0 spiro atoms. The van der Waals surface area contributed by atoms with Gasteiger partial charge in [0, 0.05) is 0 Å². The van der Waals surface area contributed by atoms with E-state index in [1.165, 1.54) is 0 Å². The van der Waals surface area contributed by atoms with E-state index in [0.717, 1.165) is 6.29 Å². The van der Waals surface area contributed by atoms with Gasteiger partial charge >= 0.3 is 0 Å². The van der Waals surface area contributed by atoms with Crippen LogP contribution in [-0.4, -0.2) is 20.2 Å². The molecule has 2 nitrogen and oxygen atoms in total. The summed E-state index contributed by atoms with van der Waals surface area (Å²) in [5, 5.41) is 0.160. The zero-order chi connectivity index (χ0) is 10.9. The van der Waals surface area contributed by atoms with Gasteiger partial charge in [0.2, 0.25) is 0 Å².